The van der Waals surface area contributed by atoms with Gasteiger partial charge in [-0.15, -0.1) is 0 Å². The summed E-state index contributed by atoms with van der Waals surface area (Å²) in [6, 6.07) is 9.13. The molecule has 2 atom stereocenters. The predicted octanol–water partition coefficient (Wildman–Crippen LogP) is 2.29. The fourth-order valence-corrected chi connectivity index (χ4v) is 2.98. The SMILES string of the molecule is CC(N)C(c1cccc(Br)c1)N(CCO)C1CC1. The van der Waals surface area contributed by atoms with Crippen LogP contribution in [0.1, 0.15) is 31.4 Å². The van der Waals surface area contributed by atoms with E-state index in [0.717, 1.165) is 4.47 Å². The Kier molecular flexibility index (Phi) is 4.78. The van der Waals surface area contributed by atoms with Gasteiger partial charge in [-0.3, -0.25) is 4.90 Å². The van der Waals surface area contributed by atoms with E-state index in [1.807, 2.05) is 19.1 Å². The van der Waals surface area contributed by atoms with E-state index >= 15 is 0 Å². The average Bonchev–Trinajstić information content (AvgIpc) is 3.11. The summed E-state index contributed by atoms with van der Waals surface area (Å²) in [5, 5.41) is 9.25. The molecule has 0 heterocycles. The Hall–Kier alpha value is -0.420. The van der Waals surface area contributed by atoms with Gasteiger partial charge >= 0.3 is 0 Å². The number of hydrogen-bond donors (Lipinski definition) is 2. The van der Waals surface area contributed by atoms with E-state index in [-0.39, 0.29) is 18.7 Å². The van der Waals surface area contributed by atoms with E-state index in [4.69, 9.17) is 5.73 Å². The highest BCUT2D eigenvalue weighted by molar-refractivity contribution is 9.10. The highest BCUT2D eigenvalue weighted by Crippen LogP contribution is 2.36. The van der Waals surface area contributed by atoms with Crippen molar-refractivity contribution in [2.75, 3.05) is 13.2 Å². The molecule has 3 nitrogen and oxygen atoms in total. The van der Waals surface area contributed by atoms with E-state index in [2.05, 4.69) is 33.0 Å². The second kappa shape index (κ2) is 6.15. The van der Waals surface area contributed by atoms with E-state index < -0.39 is 0 Å². The topological polar surface area (TPSA) is 49.5 Å². The minimum absolute atomic E-state index is 0.0476. The van der Waals surface area contributed by atoms with Crippen molar-refractivity contribution < 1.29 is 5.11 Å². The monoisotopic (exact) mass is 312 g/mol. The van der Waals surface area contributed by atoms with Gasteiger partial charge < -0.3 is 10.8 Å². The van der Waals surface area contributed by atoms with Crippen LogP contribution in [0.4, 0.5) is 0 Å². The Morgan fingerprint density at radius 1 is 1.50 bits per heavy atom. The van der Waals surface area contributed by atoms with Crippen molar-refractivity contribution in [3.05, 3.63) is 34.3 Å². The lowest BCUT2D eigenvalue weighted by atomic mass is 9.99. The third kappa shape index (κ3) is 3.32. The molecule has 1 saturated carbocycles. The second-order valence-electron chi connectivity index (χ2n) is 5.05. The number of halogens is 1. The number of aliphatic hydroxyl groups is 1. The van der Waals surface area contributed by atoms with Crippen molar-refractivity contribution in [3.63, 3.8) is 0 Å². The van der Waals surface area contributed by atoms with Crippen LogP contribution in [0.25, 0.3) is 0 Å². The van der Waals surface area contributed by atoms with Gasteiger partial charge in [0.05, 0.1) is 12.6 Å². The number of rotatable bonds is 6. The maximum atomic E-state index is 9.25. The Balaban J connectivity index is 2.25. The normalized spacial score (nSPS) is 18.9. The molecule has 0 bridgehead atoms. The summed E-state index contributed by atoms with van der Waals surface area (Å²) in [4.78, 5) is 2.35. The summed E-state index contributed by atoms with van der Waals surface area (Å²) >= 11 is 3.51. The zero-order valence-corrected chi connectivity index (χ0v) is 12.3. The van der Waals surface area contributed by atoms with Crippen LogP contribution >= 0.6 is 15.9 Å². The quantitative estimate of drug-likeness (QED) is 0.847. The summed E-state index contributed by atoms with van der Waals surface area (Å²) in [5.41, 5.74) is 7.40. The first-order valence-electron chi connectivity index (χ1n) is 6.51. The fourth-order valence-electron chi connectivity index (χ4n) is 2.56. The molecule has 1 aromatic rings. The predicted molar refractivity (Wildman–Crippen MR) is 77.3 cm³/mol. The van der Waals surface area contributed by atoms with E-state index in [1.54, 1.807) is 0 Å². The Labute approximate surface area is 117 Å². The lowest BCUT2D eigenvalue weighted by Gasteiger charge is -2.34. The van der Waals surface area contributed by atoms with Gasteiger partial charge in [-0.25, -0.2) is 0 Å². The largest absolute Gasteiger partial charge is 0.395 e. The maximum Gasteiger partial charge on any atom is 0.0558 e. The van der Waals surface area contributed by atoms with E-state index in [9.17, 15) is 5.11 Å². The zero-order valence-electron chi connectivity index (χ0n) is 10.7. The van der Waals surface area contributed by atoms with Crippen LogP contribution in [0, 0.1) is 0 Å². The fraction of sp³-hybridized carbons (Fsp3) is 0.571. The minimum atomic E-state index is 0.0476. The van der Waals surface area contributed by atoms with Crippen LogP contribution in [0.3, 0.4) is 0 Å². The van der Waals surface area contributed by atoms with Gasteiger partial charge in [0.2, 0.25) is 0 Å². The maximum absolute atomic E-state index is 9.25. The number of nitrogens with zero attached hydrogens (tertiary/aromatic N) is 1. The molecule has 18 heavy (non-hydrogen) atoms. The van der Waals surface area contributed by atoms with Crippen molar-refractivity contribution >= 4 is 15.9 Å². The first kappa shape index (κ1) is 14.0. The van der Waals surface area contributed by atoms with Gasteiger partial charge in [0.15, 0.2) is 0 Å². The first-order valence-corrected chi connectivity index (χ1v) is 7.30. The van der Waals surface area contributed by atoms with Crippen LogP contribution < -0.4 is 5.73 Å². The number of benzene rings is 1. The van der Waals surface area contributed by atoms with Gasteiger partial charge in [-0.05, 0) is 37.5 Å². The summed E-state index contributed by atoms with van der Waals surface area (Å²) < 4.78 is 1.07. The lowest BCUT2D eigenvalue weighted by molar-refractivity contribution is 0.129. The van der Waals surface area contributed by atoms with Crippen LogP contribution in [-0.4, -0.2) is 35.2 Å². The van der Waals surface area contributed by atoms with Crippen molar-refractivity contribution in [3.8, 4) is 0 Å². The zero-order chi connectivity index (χ0) is 13.1. The van der Waals surface area contributed by atoms with Gasteiger partial charge in [-0.2, -0.15) is 0 Å². The van der Waals surface area contributed by atoms with Gasteiger partial charge in [0.1, 0.15) is 0 Å². The molecule has 1 aromatic carbocycles. The molecule has 0 aromatic heterocycles. The van der Waals surface area contributed by atoms with Gasteiger partial charge in [-0.1, -0.05) is 28.1 Å². The molecule has 0 aliphatic heterocycles. The molecule has 1 aliphatic rings. The van der Waals surface area contributed by atoms with Gasteiger partial charge in [0.25, 0.3) is 0 Å². The van der Waals surface area contributed by atoms with Crippen LogP contribution in [0.2, 0.25) is 0 Å². The molecule has 0 amide bonds. The molecule has 3 N–H and O–H groups in total. The van der Waals surface area contributed by atoms with E-state index in [1.165, 1.54) is 18.4 Å². The Morgan fingerprint density at radius 3 is 2.72 bits per heavy atom. The average molecular weight is 313 g/mol. The molecule has 0 spiro atoms. The van der Waals surface area contributed by atoms with Crippen LogP contribution in [-0.2, 0) is 0 Å². The summed E-state index contributed by atoms with van der Waals surface area (Å²) in [5.74, 6) is 0. The summed E-state index contributed by atoms with van der Waals surface area (Å²) in [7, 11) is 0. The third-order valence-electron chi connectivity index (χ3n) is 3.42. The van der Waals surface area contributed by atoms with Crippen molar-refractivity contribution in [2.45, 2.75) is 37.9 Å². The molecule has 4 heteroatoms. The molecule has 100 valence electrons. The molecule has 1 fully saturated rings. The molecular formula is C14H21BrN2O. The molecule has 2 rings (SSSR count). The Morgan fingerprint density at radius 2 is 2.22 bits per heavy atom. The first-order chi connectivity index (χ1) is 8.63. The highest BCUT2D eigenvalue weighted by Gasteiger charge is 2.35. The van der Waals surface area contributed by atoms with Crippen LogP contribution in [0.5, 0.6) is 0 Å². The lowest BCUT2D eigenvalue weighted by Crippen LogP contribution is -2.42. The van der Waals surface area contributed by atoms with Crippen molar-refractivity contribution in [1.29, 1.82) is 0 Å². The van der Waals surface area contributed by atoms with E-state index in [0.29, 0.717) is 12.6 Å². The minimum Gasteiger partial charge on any atom is -0.395 e. The molecule has 0 saturated heterocycles. The second-order valence-corrected chi connectivity index (χ2v) is 5.97. The summed E-state index contributed by atoms with van der Waals surface area (Å²) in [6.07, 6.45) is 2.44. The smallest absolute Gasteiger partial charge is 0.0558 e. The molecule has 1 aliphatic carbocycles. The van der Waals surface area contributed by atoms with Crippen molar-refractivity contribution in [2.24, 2.45) is 5.73 Å². The molecule has 2 unspecified atom stereocenters. The molecule has 0 radical (unpaired) electrons. The third-order valence-corrected chi connectivity index (χ3v) is 3.91. The number of nitrogens with two attached hydrogens (primary N) is 1. The highest BCUT2D eigenvalue weighted by atomic mass is 79.9. The van der Waals surface area contributed by atoms with Crippen molar-refractivity contribution in [1.82, 2.24) is 4.90 Å². The van der Waals surface area contributed by atoms with Crippen LogP contribution in [0.15, 0.2) is 28.7 Å². The number of aliphatic hydroxyl groups excluding tert-OH is 1. The standard InChI is InChI=1S/C14H21BrN2O/c1-10(16)14(11-3-2-4-12(15)9-11)17(7-8-18)13-5-6-13/h2-4,9-10,13-14,18H,5-8,16H2,1H3. The summed E-state index contributed by atoms with van der Waals surface area (Å²) in [6.45, 7) is 2.93. The van der Waals surface area contributed by atoms with Gasteiger partial charge in [0, 0.05) is 23.1 Å². The molecular weight excluding hydrogens is 292 g/mol. The Bertz CT molecular complexity index is 393. The number of hydrogen-bond acceptors (Lipinski definition) is 3.